The van der Waals surface area contributed by atoms with Gasteiger partial charge in [0.05, 0.1) is 13.7 Å². The van der Waals surface area contributed by atoms with Gasteiger partial charge in [0.15, 0.2) is 0 Å². The second-order valence-corrected chi connectivity index (χ2v) is 4.13. The van der Waals surface area contributed by atoms with Crippen molar-refractivity contribution in [3.63, 3.8) is 0 Å². The fourth-order valence-corrected chi connectivity index (χ4v) is 2.41. The van der Waals surface area contributed by atoms with Crippen LogP contribution in [0.2, 0.25) is 0 Å². The standard InChI is InChI=1S/C13H17NO3/c1-3-17-10-6-4-5-8-7-9(14)12(11(8)10)13(15)16-2/h4-6,9,12H,3,7,14H2,1-2H3. The molecule has 0 heterocycles. The summed E-state index contributed by atoms with van der Waals surface area (Å²) in [6.45, 7) is 2.49. The van der Waals surface area contributed by atoms with Crippen LogP contribution in [0.4, 0.5) is 0 Å². The van der Waals surface area contributed by atoms with Crippen molar-refractivity contribution in [1.82, 2.24) is 0 Å². The van der Waals surface area contributed by atoms with Gasteiger partial charge >= 0.3 is 5.97 Å². The number of methoxy groups -OCH3 is 1. The minimum Gasteiger partial charge on any atom is -0.494 e. The summed E-state index contributed by atoms with van der Waals surface area (Å²) in [5.74, 6) is 0.0505. The Labute approximate surface area is 101 Å². The maximum Gasteiger partial charge on any atom is 0.314 e. The first-order valence-electron chi connectivity index (χ1n) is 5.77. The van der Waals surface area contributed by atoms with Crippen molar-refractivity contribution in [1.29, 1.82) is 0 Å². The Balaban J connectivity index is 2.45. The number of benzene rings is 1. The number of hydrogen-bond donors (Lipinski definition) is 1. The van der Waals surface area contributed by atoms with Gasteiger partial charge in [0.2, 0.25) is 0 Å². The van der Waals surface area contributed by atoms with Crippen molar-refractivity contribution in [3.05, 3.63) is 29.3 Å². The molecule has 1 aromatic rings. The van der Waals surface area contributed by atoms with Gasteiger partial charge in [-0.3, -0.25) is 4.79 Å². The molecule has 0 saturated heterocycles. The lowest BCUT2D eigenvalue weighted by Crippen LogP contribution is -2.31. The molecule has 4 nitrogen and oxygen atoms in total. The molecule has 2 rings (SSSR count). The molecule has 1 aliphatic rings. The highest BCUT2D eigenvalue weighted by Crippen LogP contribution is 2.39. The first-order chi connectivity index (χ1) is 8.19. The van der Waals surface area contributed by atoms with E-state index in [2.05, 4.69) is 0 Å². The molecule has 0 bridgehead atoms. The third-order valence-electron chi connectivity index (χ3n) is 3.11. The number of carbonyl (C=O) groups is 1. The van der Waals surface area contributed by atoms with E-state index in [1.807, 2.05) is 25.1 Å². The summed E-state index contributed by atoms with van der Waals surface area (Å²) in [7, 11) is 1.39. The number of rotatable bonds is 3. The predicted octanol–water partition coefficient (Wildman–Crippen LogP) is 1.23. The van der Waals surface area contributed by atoms with Crippen molar-refractivity contribution in [2.24, 2.45) is 5.73 Å². The van der Waals surface area contributed by atoms with E-state index >= 15 is 0 Å². The quantitative estimate of drug-likeness (QED) is 0.800. The van der Waals surface area contributed by atoms with Crippen molar-refractivity contribution in [3.8, 4) is 5.75 Å². The molecule has 0 fully saturated rings. The van der Waals surface area contributed by atoms with Gasteiger partial charge in [-0.15, -0.1) is 0 Å². The Morgan fingerprint density at radius 1 is 1.53 bits per heavy atom. The summed E-state index contributed by atoms with van der Waals surface area (Å²) in [6.07, 6.45) is 0.690. The Bertz CT molecular complexity index is 431. The lowest BCUT2D eigenvalue weighted by Gasteiger charge is -2.16. The molecule has 0 aromatic heterocycles. The minimum atomic E-state index is -0.405. The van der Waals surface area contributed by atoms with E-state index in [0.29, 0.717) is 13.0 Å². The van der Waals surface area contributed by atoms with Gasteiger partial charge < -0.3 is 15.2 Å². The summed E-state index contributed by atoms with van der Waals surface area (Å²) in [4.78, 5) is 11.8. The number of ether oxygens (including phenoxy) is 2. The third-order valence-corrected chi connectivity index (χ3v) is 3.11. The number of esters is 1. The predicted molar refractivity (Wildman–Crippen MR) is 64.0 cm³/mol. The van der Waals surface area contributed by atoms with Gasteiger partial charge in [-0.2, -0.15) is 0 Å². The summed E-state index contributed by atoms with van der Waals surface area (Å²) >= 11 is 0. The van der Waals surface area contributed by atoms with E-state index in [9.17, 15) is 4.79 Å². The van der Waals surface area contributed by atoms with Gasteiger partial charge in [0, 0.05) is 11.6 Å². The molecule has 0 aliphatic heterocycles. The van der Waals surface area contributed by atoms with Crippen LogP contribution in [0.5, 0.6) is 5.75 Å². The minimum absolute atomic E-state index is 0.223. The van der Waals surface area contributed by atoms with Crippen molar-refractivity contribution >= 4 is 5.97 Å². The molecule has 0 radical (unpaired) electrons. The van der Waals surface area contributed by atoms with Crippen LogP contribution in [0.25, 0.3) is 0 Å². The van der Waals surface area contributed by atoms with Crippen LogP contribution in [-0.2, 0) is 16.0 Å². The first-order valence-corrected chi connectivity index (χ1v) is 5.77. The van der Waals surface area contributed by atoms with Crippen LogP contribution < -0.4 is 10.5 Å². The summed E-state index contributed by atoms with van der Waals surface area (Å²) in [5, 5.41) is 0. The van der Waals surface area contributed by atoms with E-state index < -0.39 is 5.92 Å². The molecular weight excluding hydrogens is 218 g/mol. The molecule has 92 valence electrons. The Morgan fingerprint density at radius 3 is 2.94 bits per heavy atom. The summed E-state index contributed by atoms with van der Waals surface area (Å²) in [5.41, 5.74) is 7.99. The van der Waals surface area contributed by atoms with Gasteiger partial charge in [0.1, 0.15) is 11.7 Å². The van der Waals surface area contributed by atoms with Crippen molar-refractivity contribution in [2.45, 2.75) is 25.3 Å². The number of carbonyl (C=O) groups excluding carboxylic acids is 1. The average molecular weight is 235 g/mol. The van der Waals surface area contributed by atoms with E-state index in [4.69, 9.17) is 15.2 Å². The topological polar surface area (TPSA) is 61.5 Å². The first kappa shape index (κ1) is 11.9. The summed E-state index contributed by atoms with van der Waals surface area (Å²) in [6, 6.07) is 5.56. The number of nitrogens with two attached hydrogens (primary N) is 1. The van der Waals surface area contributed by atoms with E-state index in [0.717, 1.165) is 16.9 Å². The maximum absolute atomic E-state index is 11.8. The lowest BCUT2D eigenvalue weighted by molar-refractivity contribution is -0.142. The monoisotopic (exact) mass is 235 g/mol. The Kier molecular flexibility index (Phi) is 3.33. The molecular formula is C13H17NO3. The number of hydrogen-bond acceptors (Lipinski definition) is 4. The van der Waals surface area contributed by atoms with E-state index in [1.54, 1.807) is 0 Å². The third kappa shape index (κ3) is 2.00. The Hall–Kier alpha value is -1.55. The molecule has 17 heavy (non-hydrogen) atoms. The highest BCUT2D eigenvalue weighted by molar-refractivity contribution is 5.82. The summed E-state index contributed by atoms with van der Waals surface area (Å²) < 4.78 is 10.4. The van der Waals surface area contributed by atoms with Crippen LogP contribution in [0.1, 0.15) is 24.0 Å². The zero-order valence-corrected chi connectivity index (χ0v) is 10.1. The van der Waals surface area contributed by atoms with Gasteiger partial charge in [-0.05, 0) is 25.0 Å². The molecule has 0 spiro atoms. The number of fused-ring (bicyclic) bond motifs is 1. The molecule has 2 unspecified atom stereocenters. The molecule has 4 heteroatoms. The second-order valence-electron chi connectivity index (χ2n) is 4.13. The molecule has 0 saturated carbocycles. The highest BCUT2D eigenvalue weighted by Gasteiger charge is 2.38. The normalized spacial score (nSPS) is 22.1. The molecule has 0 amide bonds. The molecule has 1 aliphatic carbocycles. The SMILES string of the molecule is CCOc1cccc2c1C(C(=O)OC)C(N)C2. The van der Waals surface area contributed by atoms with Crippen LogP contribution in [0.15, 0.2) is 18.2 Å². The maximum atomic E-state index is 11.8. The van der Waals surface area contributed by atoms with Gasteiger partial charge in [0.25, 0.3) is 0 Å². The van der Waals surface area contributed by atoms with E-state index in [-0.39, 0.29) is 12.0 Å². The zero-order valence-electron chi connectivity index (χ0n) is 10.1. The van der Waals surface area contributed by atoms with Crippen molar-refractivity contribution in [2.75, 3.05) is 13.7 Å². The van der Waals surface area contributed by atoms with Crippen LogP contribution in [0.3, 0.4) is 0 Å². The van der Waals surface area contributed by atoms with Gasteiger partial charge in [-0.25, -0.2) is 0 Å². The molecule has 1 aromatic carbocycles. The highest BCUT2D eigenvalue weighted by atomic mass is 16.5. The Morgan fingerprint density at radius 2 is 2.29 bits per heavy atom. The fraction of sp³-hybridized carbons (Fsp3) is 0.462. The van der Waals surface area contributed by atoms with E-state index in [1.165, 1.54) is 7.11 Å². The average Bonchev–Trinajstić information content (AvgIpc) is 2.66. The molecule has 2 N–H and O–H groups in total. The smallest absolute Gasteiger partial charge is 0.314 e. The molecule has 2 atom stereocenters. The van der Waals surface area contributed by atoms with Gasteiger partial charge in [-0.1, -0.05) is 12.1 Å². The second kappa shape index (κ2) is 4.75. The largest absolute Gasteiger partial charge is 0.494 e. The fourth-order valence-electron chi connectivity index (χ4n) is 2.41. The lowest BCUT2D eigenvalue weighted by atomic mass is 9.98. The van der Waals surface area contributed by atoms with Crippen LogP contribution >= 0.6 is 0 Å². The van der Waals surface area contributed by atoms with Crippen LogP contribution in [0, 0.1) is 0 Å². The van der Waals surface area contributed by atoms with Crippen molar-refractivity contribution < 1.29 is 14.3 Å². The zero-order chi connectivity index (χ0) is 12.4. The van der Waals surface area contributed by atoms with Crippen LogP contribution in [-0.4, -0.2) is 25.7 Å².